The van der Waals surface area contributed by atoms with Crippen LogP contribution in [0.1, 0.15) is 43.4 Å². The number of methoxy groups -OCH3 is 1. The molecule has 6 nitrogen and oxygen atoms in total. The molecule has 1 aromatic heterocycles. The van der Waals surface area contributed by atoms with Gasteiger partial charge in [0.25, 0.3) is 0 Å². The molecule has 0 bridgehead atoms. The van der Waals surface area contributed by atoms with E-state index in [1.165, 1.54) is 0 Å². The number of rotatable bonds is 4. The number of hydrogen-bond acceptors (Lipinski definition) is 5. The standard InChI is InChI=1S/C22H28N4O2/c1-21(2,3)19-24-10-16-11-26(12-18(16)25-19)20(27)22(13-23-14-22)9-15-6-5-7-17(8-15)28-4/h5-8,10,23H,9,11-14H2,1-4H3. The highest BCUT2D eigenvalue weighted by Gasteiger charge is 2.47. The number of amides is 1. The SMILES string of the molecule is COc1cccc(CC2(C(=O)N3Cc4cnc(C(C)(C)C)nc4C3)CNC2)c1. The summed E-state index contributed by atoms with van der Waals surface area (Å²) < 4.78 is 5.34. The van der Waals surface area contributed by atoms with Crippen molar-refractivity contribution in [2.75, 3.05) is 20.2 Å². The van der Waals surface area contributed by atoms with Crippen LogP contribution in [0.15, 0.2) is 30.5 Å². The minimum absolute atomic E-state index is 0.0993. The molecule has 0 saturated carbocycles. The molecule has 2 aliphatic heterocycles. The van der Waals surface area contributed by atoms with Crippen molar-refractivity contribution >= 4 is 5.91 Å². The lowest BCUT2D eigenvalue weighted by molar-refractivity contribution is -0.146. The summed E-state index contributed by atoms with van der Waals surface area (Å²) in [5.74, 6) is 1.85. The van der Waals surface area contributed by atoms with Gasteiger partial charge in [0.1, 0.15) is 11.6 Å². The van der Waals surface area contributed by atoms with Crippen LogP contribution < -0.4 is 10.1 Å². The normalized spacial score (nSPS) is 17.8. The van der Waals surface area contributed by atoms with Crippen molar-refractivity contribution in [3.05, 3.63) is 53.1 Å². The van der Waals surface area contributed by atoms with Crippen molar-refractivity contribution in [2.24, 2.45) is 5.41 Å². The molecule has 3 heterocycles. The van der Waals surface area contributed by atoms with Gasteiger partial charge in [-0.25, -0.2) is 9.97 Å². The predicted octanol–water partition coefficient (Wildman–Crippen LogP) is 2.46. The molecule has 0 unspecified atom stereocenters. The van der Waals surface area contributed by atoms with Crippen LogP contribution in [0, 0.1) is 5.41 Å². The monoisotopic (exact) mass is 380 g/mol. The number of carbonyl (C=O) groups is 1. The maximum absolute atomic E-state index is 13.5. The van der Waals surface area contributed by atoms with Crippen molar-refractivity contribution in [3.8, 4) is 5.75 Å². The zero-order valence-corrected chi connectivity index (χ0v) is 17.1. The fourth-order valence-corrected chi connectivity index (χ4v) is 3.95. The van der Waals surface area contributed by atoms with Gasteiger partial charge >= 0.3 is 0 Å². The molecule has 1 fully saturated rings. The quantitative estimate of drug-likeness (QED) is 0.883. The van der Waals surface area contributed by atoms with Crippen LogP contribution in [0.5, 0.6) is 5.75 Å². The topological polar surface area (TPSA) is 67.3 Å². The molecule has 1 N–H and O–H groups in total. The second-order valence-electron chi connectivity index (χ2n) is 8.99. The van der Waals surface area contributed by atoms with Crippen molar-refractivity contribution in [1.29, 1.82) is 0 Å². The van der Waals surface area contributed by atoms with E-state index in [1.807, 2.05) is 29.3 Å². The number of hydrogen-bond donors (Lipinski definition) is 1. The average Bonchev–Trinajstić information content (AvgIpc) is 3.07. The summed E-state index contributed by atoms with van der Waals surface area (Å²) in [6, 6.07) is 8.00. The van der Waals surface area contributed by atoms with E-state index in [0.717, 1.165) is 28.4 Å². The summed E-state index contributed by atoms with van der Waals surface area (Å²) in [7, 11) is 1.67. The number of ether oxygens (including phenoxy) is 1. The smallest absolute Gasteiger partial charge is 0.232 e. The van der Waals surface area contributed by atoms with Gasteiger partial charge in [-0.1, -0.05) is 32.9 Å². The van der Waals surface area contributed by atoms with E-state index >= 15 is 0 Å². The van der Waals surface area contributed by atoms with Gasteiger partial charge in [0.05, 0.1) is 24.8 Å². The number of benzene rings is 1. The Morgan fingerprint density at radius 2 is 2.07 bits per heavy atom. The Morgan fingerprint density at radius 3 is 2.71 bits per heavy atom. The van der Waals surface area contributed by atoms with E-state index in [2.05, 4.69) is 37.1 Å². The Kier molecular flexibility index (Phi) is 4.62. The van der Waals surface area contributed by atoms with Crippen LogP contribution in [0.25, 0.3) is 0 Å². The molecule has 28 heavy (non-hydrogen) atoms. The molecular formula is C22H28N4O2. The first-order valence-corrected chi connectivity index (χ1v) is 9.79. The number of nitrogens with zero attached hydrogens (tertiary/aromatic N) is 3. The fourth-order valence-electron chi connectivity index (χ4n) is 3.95. The first-order chi connectivity index (χ1) is 13.3. The van der Waals surface area contributed by atoms with Crippen LogP contribution in [0.2, 0.25) is 0 Å². The van der Waals surface area contributed by atoms with Crippen LogP contribution in [-0.4, -0.2) is 41.0 Å². The lowest BCUT2D eigenvalue weighted by Crippen LogP contribution is -2.62. The maximum atomic E-state index is 13.5. The molecule has 2 aromatic rings. The average molecular weight is 380 g/mol. The van der Waals surface area contributed by atoms with Crippen molar-refractivity contribution in [3.63, 3.8) is 0 Å². The van der Waals surface area contributed by atoms with Crippen LogP contribution >= 0.6 is 0 Å². The predicted molar refractivity (Wildman–Crippen MR) is 107 cm³/mol. The highest BCUT2D eigenvalue weighted by molar-refractivity contribution is 5.85. The summed E-state index contributed by atoms with van der Waals surface area (Å²) in [6.07, 6.45) is 2.60. The molecule has 1 amide bonds. The van der Waals surface area contributed by atoms with Crippen LogP contribution in [-0.2, 0) is 29.7 Å². The Labute approximate surface area is 166 Å². The van der Waals surface area contributed by atoms with Crippen molar-refractivity contribution in [2.45, 2.75) is 45.7 Å². The Bertz CT molecular complexity index is 900. The van der Waals surface area contributed by atoms with E-state index in [9.17, 15) is 4.79 Å². The fraction of sp³-hybridized carbons (Fsp3) is 0.500. The molecule has 1 saturated heterocycles. The van der Waals surface area contributed by atoms with Gasteiger partial charge in [-0.15, -0.1) is 0 Å². The molecule has 0 radical (unpaired) electrons. The van der Waals surface area contributed by atoms with Gasteiger partial charge in [0.15, 0.2) is 0 Å². The van der Waals surface area contributed by atoms with Crippen LogP contribution in [0.3, 0.4) is 0 Å². The Hall–Kier alpha value is -2.47. The molecule has 1 aromatic carbocycles. The molecule has 2 aliphatic rings. The third-order valence-corrected chi connectivity index (χ3v) is 5.67. The Balaban J connectivity index is 1.53. The molecule has 6 heteroatoms. The minimum Gasteiger partial charge on any atom is -0.497 e. The lowest BCUT2D eigenvalue weighted by Gasteiger charge is -2.43. The van der Waals surface area contributed by atoms with E-state index in [1.54, 1.807) is 7.11 Å². The van der Waals surface area contributed by atoms with Crippen molar-refractivity contribution < 1.29 is 9.53 Å². The first kappa shape index (κ1) is 18.9. The minimum atomic E-state index is -0.394. The molecule has 0 aliphatic carbocycles. The van der Waals surface area contributed by atoms with Gasteiger partial charge in [0, 0.05) is 36.8 Å². The highest BCUT2D eigenvalue weighted by atomic mass is 16.5. The second kappa shape index (κ2) is 6.85. The number of fused-ring (bicyclic) bond motifs is 1. The van der Waals surface area contributed by atoms with Gasteiger partial charge < -0.3 is 15.0 Å². The summed E-state index contributed by atoms with van der Waals surface area (Å²) in [4.78, 5) is 24.7. The van der Waals surface area contributed by atoms with Crippen LogP contribution in [0.4, 0.5) is 0 Å². The summed E-state index contributed by atoms with van der Waals surface area (Å²) in [5, 5.41) is 3.30. The van der Waals surface area contributed by atoms with E-state index in [-0.39, 0.29) is 11.3 Å². The highest BCUT2D eigenvalue weighted by Crippen LogP contribution is 2.34. The Morgan fingerprint density at radius 1 is 1.29 bits per heavy atom. The molecule has 4 rings (SSSR count). The van der Waals surface area contributed by atoms with Gasteiger partial charge in [0.2, 0.25) is 5.91 Å². The first-order valence-electron chi connectivity index (χ1n) is 9.79. The maximum Gasteiger partial charge on any atom is 0.232 e. The zero-order valence-electron chi connectivity index (χ0n) is 17.1. The number of nitrogens with one attached hydrogen (secondary N) is 1. The summed E-state index contributed by atoms with van der Waals surface area (Å²) in [5.41, 5.74) is 2.68. The second-order valence-corrected chi connectivity index (χ2v) is 8.99. The van der Waals surface area contributed by atoms with E-state index in [4.69, 9.17) is 9.72 Å². The molecule has 0 atom stereocenters. The van der Waals surface area contributed by atoms with Crippen molar-refractivity contribution in [1.82, 2.24) is 20.2 Å². The third-order valence-electron chi connectivity index (χ3n) is 5.67. The van der Waals surface area contributed by atoms with E-state index in [0.29, 0.717) is 32.6 Å². The molecule has 0 spiro atoms. The molecular weight excluding hydrogens is 352 g/mol. The van der Waals surface area contributed by atoms with Gasteiger partial charge in [-0.05, 0) is 24.1 Å². The zero-order chi connectivity index (χ0) is 19.9. The summed E-state index contributed by atoms with van der Waals surface area (Å²) >= 11 is 0. The number of aromatic nitrogens is 2. The van der Waals surface area contributed by atoms with Gasteiger partial charge in [-0.3, -0.25) is 4.79 Å². The van der Waals surface area contributed by atoms with E-state index < -0.39 is 5.41 Å². The largest absolute Gasteiger partial charge is 0.497 e. The molecule has 148 valence electrons. The summed E-state index contributed by atoms with van der Waals surface area (Å²) in [6.45, 7) is 8.89. The number of carbonyl (C=O) groups excluding carboxylic acids is 1. The lowest BCUT2D eigenvalue weighted by atomic mass is 9.75. The van der Waals surface area contributed by atoms with Gasteiger partial charge in [-0.2, -0.15) is 0 Å². The third kappa shape index (κ3) is 3.37.